The molecule has 0 unspecified atom stereocenters. The molecule has 0 fully saturated rings. The summed E-state index contributed by atoms with van der Waals surface area (Å²) in [6, 6.07) is 0. The highest BCUT2D eigenvalue weighted by Crippen LogP contribution is 2.03. The predicted molar refractivity (Wildman–Crippen MR) is 54.7 cm³/mol. The van der Waals surface area contributed by atoms with Crippen LogP contribution < -0.4 is 5.32 Å². The first kappa shape index (κ1) is 9.45. The standard InChI is InChI=1S/C8H15N3S/c1-12-5-3-2-4-9-8-6-10-11-7-8/h6-7,9H,2-5H2,1H3,(H,10,11). The Kier molecular flexibility index (Phi) is 4.68. The zero-order valence-corrected chi connectivity index (χ0v) is 8.16. The van der Waals surface area contributed by atoms with Crippen molar-refractivity contribution in [1.82, 2.24) is 10.2 Å². The lowest BCUT2D eigenvalue weighted by Crippen LogP contribution is -2.00. The Morgan fingerprint density at radius 1 is 1.58 bits per heavy atom. The van der Waals surface area contributed by atoms with E-state index in [9.17, 15) is 0 Å². The van der Waals surface area contributed by atoms with Crippen molar-refractivity contribution in [3.05, 3.63) is 12.4 Å². The minimum Gasteiger partial charge on any atom is -0.383 e. The second-order valence-corrected chi connectivity index (χ2v) is 3.60. The Balaban J connectivity index is 1.96. The van der Waals surface area contributed by atoms with Crippen LogP contribution in [0.5, 0.6) is 0 Å². The largest absolute Gasteiger partial charge is 0.383 e. The number of H-pyrrole nitrogens is 1. The van der Waals surface area contributed by atoms with E-state index in [2.05, 4.69) is 21.8 Å². The van der Waals surface area contributed by atoms with Gasteiger partial charge in [0.1, 0.15) is 0 Å². The van der Waals surface area contributed by atoms with Gasteiger partial charge in [0.05, 0.1) is 11.9 Å². The predicted octanol–water partition coefficient (Wildman–Crippen LogP) is 1.96. The molecule has 0 spiro atoms. The van der Waals surface area contributed by atoms with E-state index in [-0.39, 0.29) is 0 Å². The van der Waals surface area contributed by atoms with Crippen molar-refractivity contribution in [2.45, 2.75) is 12.8 Å². The summed E-state index contributed by atoms with van der Waals surface area (Å²) in [4.78, 5) is 0. The van der Waals surface area contributed by atoms with Gasteiger partial charge in [0.15, 0.2) is 0 Å². The molecule has 68 valence electrons. The van der Waals surface area contributed by atoms with Crippen LogP contribution in [0.15, 0.2) is 12.4 Å². The topological polar surface area (TPSA) is 40.7 Å². The minimum absolute atomic E-state index is 1.04. The Morgan fingerprint density at radius 3 is 3.17 bits per heavy atom. The summed E-state index contributed by atoms with van der Waals surface area (Å²) < 4.78 is 0. The van der Waals surface area contributed by atoms with Gasteiger partial charge in [-0.05, 0) is 24.9 Å². The summed E-state index contributed by atoms with van der Waals surface area (Å²) in [5, 5.41) is 9.89. The third-order valence-corrected chi connectivity index (χ3v) is 2.30. The summed E-state index contributed by atoms with van der Waals surface area (Å²) in [5.74, 6) is 1.26. The van der Waals surface area contributed by atoms with Gasteiger partial charge in [-0.1, -0.05) is 0 Å². The lowest BCUT2D eigenvalue weighted by atomic mass is 10.3. The molecule has 0 bridgehead atoms. The number of nitrogens with zero attached hydrogens (tertiary/aromatic N) is 1. The van der Waals surface area contributed by atoms with Crippen molar-refractivity contribution in [2.75, 3.05) is 23.9 Å². The third-order valence-electron chi connectivity index (χ3n) is 1.60. The fourth-order valence-electron chi connectivity index (χ4n) is 0.952. The highest BCUT2D eigenvalue weighted by atomic mass is 32.2. The minimum atomic E-state index is 1.04. The van der Waals surface area contributed by atoms with E-state index in [0.29, 0.717) is 0 Å². The summed E-state index contributed by atoms with van der Waals surface area (Å²) in [5.41, 5.74) is 1.08. The van der Waals surface area contributed by atoms with Gasteiger partial charge in [-0.2, -0.15) is 16.9 Å². The normalized spacial score (nSPS) is 10.1. The Bertz CT molecular complexity index is 186. The van der Waals surface area contributed by atoms with E-state index in [1.165, 1.54) is 18.6 Å². The molecule has 1 heterocycles. The molecule has 3 nitrogen and oxygen atoms in total. The molecule has 0 radical (unpaired) electrons. The average molecular weight is 185 g/mol. The first-order valence-electron chi connectivity index (χ1n) is 4.15. The van der Waals surface area contributed by atoms with Gasteiger partial charge >= 0.3 is 0 Å². The molecule has 4 heteroatoms. The second kappa shape index (κ2) is 5.94. The molecule has 1 aromatic heterocycles. The smallest absolute Gasteiger partial charge is 0.0723 e. The van der Waals surface area contributed by atoms with Gasteiger partial charge in [0, 0.05) is 12.7 Å². The quantitative estimate of drug-likeness (QED) is 0.666. The number of rotatable bonds is 6. The van der Waals surface area contributed by atoms with Crippen molar-refractivity contribution >= 4 is 17.4 Å². The lowest BCUT2D eigenvalue weighted by molar-refractivity contribution is 0.843. The van der Waals surface area contributed by atoms with Crippen LogP contribution in [-0.4, -0.2) is 28.8 Å². The number of hydrogen-bond acceptors (Lipinski definition) is 3. The third kappa shape index (κ3) is 3.67. The van der Waals surface area contributed by atoms with Crippen LogP contribution in [-0.2, 0) is 0 Å². The molecule has 1 rings (SSSR count). The van der Waals surface area contributed by atoms with Crippen LogP contribution in [0.3, 0.4) is 0 Å². The molecule has 0 saturated carbocycles. The van der Waals surface area contributed by atoms with Crippen LogP contribution in [0.4, 0.5) is 5.69 Å². The van der Waals surface area contributed by atoms with Crippen molar-refractivity contribution in [3.8, 4) is 0 Å². The van der Waals surface area contributed by atoms with Gasteiger partial charge in [-0.25, -0.2) is 0 Å². The second-order valence-electron chi connectivity index (χ2n) is 2.61. The molecule has 0 aliphatic rings. The summed E-state index contributed by atoms with van der Waals surface area (Å²) >= 11 is 1.90. The average Bonchev–Trinajstić information content (AvgIpc) is 2.57. The van der Waals surface area contributed by atoms with E-state index in [1.807, 2.05) is 18.0 Å². The molecular weight excluding hydrogens is 170 g/mol. The monoisotopic (exact) mass is 185 g/mol. The first-order chi connectivity index (χ1) is 5.93. The van der Waals surface area contributed by atoms with E-state index >= 15 is 0 Å². The Hall–Kier alpha value is -0.640. The van der Waals surface area contributed by atoms with Crippen LogP contribution in [0.2, 0.25) is 0 Å². The van der Waals surface area contributed by atoms with Gasteiger partial charge in [-0.15, -0.1) is 0 Å². The summed E-state index contributed by atoms with van der Waals surface area (Å²) in [7, 11) is 0. The van der Waals surface area contributed by atoms with Crippen molar-refractivity contribution in [3.63, 3.8) is 0 Å². The molecule has 2 N–H and O–H groups in total. The molecule has 0 saturated heterocycles. The van der Waals surface area contributed by atoms with Crippen LogP contribution in [0, 0.1) is 0 Å². The maximum absolute atomic E-state index is 3.85. The lowest BCUT2D eigenvalue weighted by Gasteiger charge is -2.01. The van der Waals surface area contributed by atoms with E-state index in [0.717, 1.165) is 12.2 Å². The number of thioether (sulfide) groups is 1. The van der Waals surface area contributed by atoms with Crippen molar-refractivity contribution in [1.29, 1.82) is 0 Å². The number of anilines is 1. The molecular formula is C8H15N3S. The van der Waals surface area contributed by atoms with Crippen LogP contribution in [0.25, 0.3) is 0 Å². The van der Waals surface area contributed by atoms with Gasteiger partial charge in [0.2, 0.25) is 0 Å². The molecule has 0 atom stereocenters. The van der Waals surface area contributed by atoms with Gasteiger partial charge in [-0.3, -0.25) is 5.10 Å². The zero-order chi connectivity index (χ0) is 8.65. The molecule has 0 amide bonds. The highest BCUT2D eigenvalue weighted by Gasteiger charge is 1.91. The van der Waals surface area contributed by atoms with Gasteiger partial charge < -0.3 is 5.32 Å². The molecule has 0 aliphatic carbocycles. The Labute approximate surface area is 77.3 Å². The Morgan fingerprint density at radius 2 is 2.50 bits per heavy atom. The fraction of sp³-hybridized carbons (Fsp3) is 0.625. The molecule has 0 aliphatic heterocycles. The zero-order valence-electron chi connectivity index (χ0n) is 7.34. The molecule has 12 heavy (non-hydrogen) atoms. The first-order valence-corrected chi connectivity index (χ1v) is 5.54. The summed E-state index contributed by atoms with van der Waals surface area (Å²) in [6.45, 7) is 1.04. The fourth-order valence-corrected chi connectivity index (χ4v) is 1.44. The number of aromatic amines is 1. The maximum Gasteiger partial charge on any atom is 0.0723 e. The van der Waals surface area contributed by atoms with E-state index < -0.39 is 0 Å². The number of hydrogen-bond donors (Lipinski definition) is 2. The van der Waals surface area contributed by atoms with Gasteiger partial charge in [0.25, 0.3) is 0 Å². The summed E-state index contributed by atoms with van der Waals surface area (Å²) in [6.07, 6.45) is 8.32. The number of nitrogens with one attached hydrogen (secondary N) is 2. The van der Waals surface area contributed by atoms with Crippen LogP contribution >= 0.6 is 11.8 Å². The SMILES string of the molecule is CSCCCCNc1cn[nH]c1. The van der Waals surface area contributed by atoms with E-state index in [4.69, 9.17) is 0 Å². The molecule has 1 aromatic rings. The number of unbranched alkanes of at least 4 members (excludes halogenated alkanes) is 1. The van der Waals surface area contributed by atoms with Crippen molar-refractivity contribution < 1.29 is 0 Å². The maximum atomic E-state index is 3.85. The van der Waals surface area contributed by atoms with Crippen molar-refractivity contribution in [2.24, 2.45) is 0 Å². The highest BCUT2D eigenvalue weighted by molar-refractivity contribution is 7.98. The van der Waals surface area contributed by atoms with E-state index in [1.54, 1.807) is 6.20 Å². The van der Waals surface area contributed by atoms with Crippen LogP contribution in [0.1, 0.15) is 12.8 Å². The number of aromatic nitrogens is 2. The molecule has 0 aromatic carbocycles.